The highest BCUT2D eigenvalue weighted by Crippen LogP contribution is 2.33. The fourth-order valence-electron chi connectivity index (χ4n) is 2.58. The topological polar surface area (TPSA) is 87.3 Å². The molecular weight excluding hydrogens is 359 g/mol. The molecule has 1 aromatic carbocycles. The van der Waals surface area contributed by atoms with E-state index >= 15 is 0 Å². The predicted molar refractivity (Wildman–Crippen MR) is 85.3 cm³/mol. The van der Waals surface area contributed by atoms with Gasteiger partial charge in [0.25, 0.3) is 0 Å². The Balaban J connectivity index is 2.11. The molecule has 6 nitrogen and oxygen atoms in total. The van der Waals surface area contributed by atoms with Crippen LogP contribution in [0.5, 0.6) is 0 Å². The highest BCUT2D eigenvalue weighted by Gasteiger charge is 2.37. The van der Waals surface area contributed by atoms with Gasteiger partial charge in [-0.25, -0.2) is 8.42 Å². The fraction of sp³-hybridized carbons (Fsp3) is 0.533. The van der Waals surface area contributed by atoms with Gasteiger partial charge >= 0.3 is 6.18 Å². The first-order valence-electron chi connectivity index (χ1n) is 7.81. The maximum absolute atomic E-state index is 13.0. The largest absolute Gasteiger partial charge is 0.417 e. The lowest BCUT2D eigenvalue weighted by molar-refractivity contribution is -0.139. The van der Waals surface area contributed by atoms with Gasteiger partial charge in [-0.2, -0.15) is 17.9 Å². The number of rotatable bonds is 5. The number of halogens is 3. The van der Waals surface area contributed by atoms with Crippen molar-refractivity contribution in [1.29, 1.82) is 0 Å². The average Bonchev–Trinajstić information content (AvgIpc) is 2.54. The number of benzene rings is 1. The maximum atomic E-state index is 13.0. The van der Waals surface area contributed by atoms with Gasteiger partial charge in [-0.1, -0.05) is 12.1 Å². The Hall–Kier alpha value is -1.65. The number of nitrogens with one attached hydrogen (secondary N) is 3. The molecule has 1 aliphatic rings. The quantitative estimate of drug-likeness (QED) is 0.718. The first-order valence-corrected chi connectivity index (χ1v) is 9.29. The number of carbonyl (C=O) groups is 1. The van der Waals surface area contributed by atoms with E-state index in [1.807, 2.05) is 4.72 Å². The second-order valence-electron chi connectivity index (χ2n) is 5.87. The summed E-state index contributed by atoms with van der Waals surface area (Å²) in [5, 5.41) is 5.84. The molecule has 3 N–H and O–H groups in total. The van der Waals surface area contributed by atoms with E-state index in [9.17, 15) is 26.4 Å². The molecule has 0 saturated carbocycles. The molecule has 1 unspecified atom stereocenters. The number of hydrogen-bond acceptors (Lipinski definition) is 4. The lowest BCUT2D eigenvalue weighted by atomic mass is 10.1. The number of alkyl halides is 3. The molecular formula is C15H20F3N3O3S. The number of sulfonamides is 1. The molecule has 1 aliphatic heterocycles. The summed E-state index contributed by atoms with van der Waals surface area (Å²) < 4.78 is 65.6. The van der Waals surface area contributed by atoms with Gasteiger partial charge in [0.05, 0.1) is 16.5 Å². The van der Waals surface area contributed by atoms with Crippen LogP contribution in [0.2, 0.25) is 0 Å². The third-order valence-electron chi connectivity index (χ3n) is 3.89. The molecule has 1 aromatic rings. The van der Waals surface area contributed by atoms with Gasteiger partial charge in [0.15, 0.2) is 0 Å². The van der Waals surface area contributed by atoms with E-state index in [1.54, 1.807) is 0 Å². The van der Waals surface area contributed by atoms with Crippen LogP contribution in [0.3, 0.4) is 0 Å². The summed E-state index contributed by atoms with van der Waals surface area (Å²) >= 11 is 0. The highest BCUT2D eigenvalue weighted by atomic mass is 32.2. The van der Waals surface area contributed by atoms with Gasteiger partial charge in [0.2, 0.25) is 15.9 Å². The molecule has 0 bridgehead atoms. The minimum Gasteiger partial charge on any atom is -0.352 e. The number of amides is 1. The lowest BCUT2D eigenvalue weighted by Gasteiger charge is -2.25. The van der Waals surface area contributed by atoms with Crippen LogP contribution in [-0.2, 0) is 21.0 Å². The van der Waals surface area contributed by atoms with E-state index in [1.165, 1.54) is 13.0 Å². The average molecular weight is 379 g/mol. The van der Waals surface area contributed by atoms with Crippen molar-refractivity contribution < 1.29 is 26.4 Å². The predicted octanol–water partition coefficient (Wildman–Crippen LogP) is 1.24. The van der Waals surface area contributed by atoms with E-state index in [0.717, 1.165) is 25.2 Å². The minimum absolute atomic E-state index is 0.0804. The van der Waals surface area contributed by atoms with Crippen LogP contribution in [0.15, 0.2) is 29.2 Å². The number of hydrogen-bond donors (Lipinski definition) is 3. The molecule has 10 heteroatoms. The second kappa shape index (κ2) is 7.71. The third kappa shape index (κ3) is 5.16. The molecule has 0 aromatic heterocycles. The van der Waals surface area contributed by atoms with Crippen molar-refractivity contribution in [3.05, 3.63) is 29.8 Å². The van der Waals surface area contributed by atoms with Crippen LogP contribution in [0.25, 0.3) is 0 Å². The first kappa shape index (κ1) is 19.7. The Morgan fingerprint density at radius 1 is 1.24 bits per heavy atom. The van der Waals surface area contributed by atoms with Gasteiger partial charge in [-0.15, -0.1) is 0 Å². The summed E-state index contributed by atoms with van der Waals surface area (Å²) in [6.45, 7) is 2.78. The van der Waals surface area contributed by atoms with Gasteiger partial charge in [0.1, 0.15) is 0 Å². The monoisotopic (exact) mass is 379 g/mol. The Morgan fingerprint density at radius 2 is 1.84 bits per heavy atom. The Morgan fingerprint density at radius 3 is 2.44 bits per heavy atom. The van der Waals surface area contributed by atoms with Crippen LogP contribution < -0.4 is 15.4 Å². The van der Waals surface area contributed by atoms with Crippen LogP contribution >= 0.6 is 0 Å². The molecule has 0 spiro atoms. The van der Waals surface area contributed by atoms with Crippen molar-refractivity contribution >= 4 is 15.9 Å². The molecule has 1 amide bonds. The standard InChI is InChI=1S/C15H20F3N3O3S/c1-10(14(22)20-11-6-8-19-9-7-11)21-25(23,24)13-5-3-2-4-12(13)15(16,17)18/h2-5,10-11,19,21H,6-9H2,1H3,(H,20,22). The van der Waals surface area contributed by atoms with Crippen LogP contribution in [0, 0.1) is 0 Å². The fourth-order valence-corrected chi connectivity index (χ4v) is 4.01. The van der Waals surface area contributed by atoms with Gasteiger partial charge < -0.3 is 10.6 Å². The Kier molecular flexibility index (Phi) is 6.07. The summed E-state index contributed by atoms with van der Waals surface area (Å²) in [5.41, 5.74) is -1.27. The molecule has 1 heterocycles. The molecule has 1 saturated heterocycles. The van der Waals surface area contributed by atoms with Crippen molar-refractivity contribution in [2.24, 2.45) is 0 Å². The summed E-state index contributed by atoms with van der Waals surface area (Å²) in [6.07, 6.45) is -3.39. The number of piperidine rings is 1. The maximum Gasteiger partial charge on any atom is 0.417 e. The Bertz CT molecular complexity index is 716. The smallest absolute Gasteiger partial charge is 0.352 e. The van der Waals surface area contributed by atoms with Crippen molar-refractivity contribution in [2.45, 2.75) is 42.9 Å². The third-order valence-corrected chi connectivity index (χ3v) is 5.49. The van der Waals surface area contributed by atoms with E-state index in [-0.39, 0.29) is 6.04 Å². The molecule has 140 valence electrons. The summed E-state index contributed by atoms with van der Waals surface area (Å²) in [6, 6.07) is 2.58. The summed E-state index contributed by atoms with van der Waals surface area (Å²) in [4.78, 5) is 11.2. The van der Waals surface area contributed by atoms with Crippen molar-refractivity contribution in [3.63, 3.8) is 0 Å². The van der Waals surface area contributed by atoms with Crippen LogP contribution in [-0.4, -0.2) is 39.5 Å². The minimum atomic E-state index is -4.81. The summed E-state index contributed by atoms with van der Waals surface area (Å²) in [7, 11) is -4.50. The molecule has 0 aliphatic carbocycles. The van der Waals surface area contributed by atoms with Gasteiger partial charge in [0, 0.05) is 6.04 Å². The second-order valence-corrected chi connectivity index (χ2v) is 7.55. The molecule has 1 atom stereocenters. The molecule has 1 fully saturated rings. The number of carbonyl (C=O) groups excluding carboxylic acids is 1. The van der Waals surface area contributed by atoms with E-state index < -0.39 is 38.6 Å². The van der Waals surface area contributed by atoms with Crippen LogP contribution in [0.4, 0.5) is 13.2 Å². The van der Waals surface area contributed by atoms with E-state index in [0.29, 0.717) is 18.9 Å². The summed E-state index contributed by atoms with van der Waals surface area (Å²) in [5.74, 6) is -0.569. The van der Waals surface area contributed by atoms with Gasteiger partial charge in [-0.3, -0.25) is 4.79 Å². The molecule has 0 radical (unpaired) electrons. The van der Waals surface area contributed by atoms with E-state index in [4.69, 9.17) is 0 Å². The van der Waals surface area contributed by atoms with Crippen molar-refractivity contribution in [1.82, 2.24) is 15.4 Å². The SMILES string of the molecule is CC(NS(=O)(=O)c1ccccc1C(F)(F)F)C(=O)NC1CCNCC1. The lowest BCUT2D eigenvalue weighted by Crippen LogP contribution is -2.50. The first-order chi connectivity index (χ1) is 11.6. The van der Waals surface area contributed by atoms with Gasteiger partial charge in [-0.05, 0) is 45.0 Å². The zero-order valence-electron chi connectivity index (χ0n) is 13.6. The van der Waals surface area contributed by atoms with E-state index in [2.05, 4.69) is 10.6 Å². The molecule has 25 heavy (non-hydrogen) atoms. The van der Waals surface area contributed by atoms with Crippen LogP contribution in [0.1, 0.15) is 25.3 Å². The zero-order valence-corrected chi connectivity index (χ0v) is 14.4. The molecule has 2 rings (SSSR count). The Labute approximate surface area is 144 Å². The van der Waals surface area contributed by atoms with Crippen molar-refractivity contribution in [3.8, 4) is 0 Å². The zero-order chi connectivity index (χ0) is 18.7. The van der Waals surface area contributed by atoms with Crippen molar-refractivity contribution in [2.75, 3.05) is 13.1 Å². The normalized spacial score (nSPS) is 17.9. The highest BCUT2D eigenvalue weighted by molar-refractivity contribution is 7.89.